The third kappa shape index (κ3) is 9.51. The van der Waals surface area contributed by atoms with Gasteiger partial charge in [-0.2, -0.15) is 0 Å². The molecule has 28 heavy (non-hydrogen) atoms. The minimum atomic E-state index is -0.638. The van der Waals surface area contributed by atoms with Crippen molar-refractivity contribution in [3.8, 4) is 0 Å². The first kappa shape index (κ1) is 22.9. The van der Waals surface area contributed by atoms with Crippen molar-refractivity contribution in [2.24, 2.45) is 0 Å². The minimum Gasteiger partial charge on any atom is -0.498 e. The van der Waals surface area contributed by atoms with Gasteiger partial charge >= 0.3 is 11.9 Å². The van der Waals surface area contributed by atoms with E-state index in [2.05, 4.69) is 0 Å². The van der Waals surface area contributed by atoms with Crippen LogP contribution in [0.15, 0.2) is 49.3 Å². The van der Waals surface area contributed by atoms with E-state index < -0.39 is 11.9 Å². The van der Waals surface area contributed by atoms with Gasteiger partial charge in [-0.15, -0.1) is 0 Å². The molecule has 0 atom stereocenters. The molecule has 0 N–H and O–H groups in total. The van der Waals surface area contributed by atoms with E-state index in [1.165, 1.54) is 37.2 Å². The number of hydrogen-bond donors (Lipinski definition) is 0. The molecule has 0 fully saturated rings. The lowest BCUT2D eigenvalue weighted by Gasteiger charge is -2.09. The summed E-state index contributed by atoms with van der Waals surface area (Å²) in [5.74, 6) is -1.28. The zero-order valence-corrected chi connectivity index (χ0v) is 16.1. The molecule has 0 amide bonds. The van der Waals surface area contributed by atoms with Gasteiger partial charge < -0.3 is 28.4 Å². The van der Waals surface area contributed by atoms with Crippen LogP contribution in [0.4, 0.5) is 0 Å². The molecule has 0 aliphatic heterocycles. The highest BCUT2D eigenvalue weighted by atomic mass is 16.6. The van der Waals surface area contributed by atoms with Gasteiger partial charge in [-0.05, 0) is 26.0 Å². The number of ether oxygens (including phenoxy) is 6. The molecule has 0 saturated heterocycles. The fourth-order valence-electron chi connectivity index (χ4n) is 1.85. The molecule has 1 rings (SSSR count). The Morgan fingerprint density at radius 1 is 0.679 bits per heavy atom. The lowest BCUT2D eigenvalue weighted by Crippen LogP contribution is -2.16. The molecular weight excluding hydrogens is 368 g/mol. The molecule has 0 spiro atoms. The van der Waals surface area contributed by atoms with Gasteiger partial charge in [0.2, 0.25) is 0 Å². The zero-order chi connectivity index (χ0) is 20.5. The Balaban J connectivity index is 2.43. The molecule has 0 radical (unpaired) electrons. The zero-order valence-electron chi connectivity index (χ0n) is 16.1. The van der Waals surface area contributed by atoms with Crippen molar-refractivity contribution in [1.29, 1.82) is 0 Å². The summed E-state index contributed by atoms with van der Waals surface area (Å²) in [5, 5.41) is 0. The molecule has 8 heteroatoms. The van der Waals surface area contributed by atoms with Crippen LogP contribution in [-0.4, -0.2) is 51.6 Å². The number of benzene rings is 1. The summed E-state index contributed by atoms with van der Waals surface area (Å²) < 4.78 is 30.3. The SMILES string of the molecule is CCOC=COCCOC(=O)c1ccccc1C(=O)OCCOC=COCC. The fraction of sp³-hybridized carbons (Fsp3) is 0.400. The van der Waals surface area contributed by atoms with Crippen LogP contribution in [0.3, 0.4) is 0 Å². The van der Waals surface area contributed by atoms with Crippen molar-refractivity contribution in [2.45, 2.75) is 13.8 Å². The maximum atomic E-state index is 12.2. The highest BCUT2D eigenvalue weighted by Gasteiger charge is 2.18. The molecule has 0 aromatic heterocycles. The Bertz CT molecular complexity index is 584. The van der Waals surface area contributed by atoms with E-state index in [0.29, 0.717) is 13.2 Å². The number of hydrogen-bond acceptors (Lipinski definition) is 8. The van der Waals surface area contributed by atoms with Crippen LogP contribution in [-0.2, 0) is 28.4 Å². The van der Waals surface area contributed by atoms with E-state index in [9.17, 15) is 9.59 Å². The molecule has 1 aromatic carbocycles. The largest absolute Gasteiger partial charge is 0.498 e. The van der Waals surface area contributed by atoms with Crippen LogP contribution < -0.4 is 0 Å². The predicted molar refractivity (Wildman–Crippen MR) is 100 cm³/mol. The van der Waals surface area contributed by atoms with Gasteiger partial charge in [-0.3, -0.25) is 0 Å². The molecule has 0 unspecified atom stereocenters. The Kier molecular flexibility index (Phi) is 12.2. The molecule has 0 bridgehead atoms. The molecule has 154 valence electrons. The number of rotatable bonds is 14. The molecule has 0 aliphatic rings. The second-order valence-electron chi connectivity index (χ2n) is 5.01. The summed E-state index contributed by atoms with van der Waals surface area (Å²) in [7, 11) is 0. The van der Waals surface area contributed by atoms with E-state index in [4.69, 9.17) is 28.4 Å². The van der Waals surface area contributed by atoms with E-state index >= 15 is 0 Å². The summed E-state index contributed by atoms with van der Waals surface area (Å²) in [6.45, 7) is 5.15. The van der Waals surface area contributed by atoms with Crippen molar-refractivity contribution in [3.05, 3.63) is 60.4 Å². The molecule has 8 nitrogen and oxygen atoms in total. The average molecular weight is 394 g/mol. The first-order valence-corrected chi connectivity index (χ1v) is 8.90. The number of carbonyl (C=O) groups is 2. The van der Waals surface area contributed by atoms with Crippen molar-refractivity contribution >= 4 is 11.9 Å². The molecular formula is C20H26O8. The van der Waals surface area contributed by atoms with Crippen LogP contribution in [0.25, 0.3) is 0 Å². The first-order valence-electron chi connectivity index (χ1n) is 8.90. The summed E-state index contributed by atoms with van der Waals surface area (Å²) in [5.41, 5.74) is 0.240. The van der Waals surface area contributed by atoms with Crippen LogP contribution in [0.1, 0.15) is 34.6 Å². The van der Waals surface area contributed by atoms with Gasteiger partial charge in [0.25, 0.3) is 0 Å². The van der Waals surface area contributed by atoms with E-state index in [1.54, 1.807) is 12.1 Å². The number of esters is 2. The van der Waals surface area contributed by atoms with Gasteiger partial charge in [0.05, 0.1) is 24.3 Å². The first-order chi connectivity index (χ1) is 13.7. The highest BCUT2D eigenvalue weighted by Crippen LogP contribution is 2.12. The van der Waals surface area contributed by atoms with Gasteiger partial charge in [-0.1, -0.05) is 12.1 Å². The third-order valence-electron chi connectivity index (χ3n) is 3.06. The topological polar surface area (TPSA) is 89.5 Å². The third-order valence-corrected chi connectivity index (χ3v) is 3.06. The quantitative estimate of drug-likeness (QED) is 0.270. The Hall–Kier alpha value is -3.16. The lowest BCUT2D eigenvalue weighted by molar-refractivity contribution is 0.0372. The normalized spacial score (nSPS) is 10.6. The summed E-state index contributed by atoms with van der Waals surface area (Å²) in [6, 6.07) is 6.26. The molecule has 1 aromatic rings. The summed E-state index contributed by atoms with van der Waals surface area (Å²) in [4.78, 5) is 24.4. The molecule has 0 heterocycles. The van der Waals surface area contributed by atoms with Crippen LogP contribution >= 0.6 is 0 Å². The van der Waals surface area contributed by atoms with Crippen LogP contribution in [0.5, 0.6) is 0 Å². The Morgan fingerprint density at radius 2 is 1.07 bits per heavy atom. The highest BCUT2D eigenvalue weighted by molar-refractivity contribution is 6.03. The van der Waals surface area contributed by atoms with E-state index in [1.807, 2.05) is 13.8 Å². The Labute approximate surface area is 164 Å². The van der Waals surface area contributed by atoms with Crippen molar-refractivity contribution in [2.75, 3.05) is 39.6 Å². The van der Waals surface area contributed by atoms with Gasteiger partial charge in [-0.25, -0.2) is 9.59 Å². The fourth-order valence-corrected chi connectivity index (χ4v) is 1.85. The van der Waals surface area contributed by atoms with Crippen molar-refractivity contribution < 1.29 is 38.0 Å². The van der Waals surface area contributed by atoms with Crippen molar-refractivity contribution in [3.63, 3.8) is 0 Å². The van der Waals surface area contributed by atoms with E-state index in [0.717, 1.165) is 0 Å². The summed E-state index contributed by atoms with van der Waals surface area (Å²) >= 11 is 0. The van der Waals surface area contributed by atoms with Crippen LogP contribution in [0, 0.1) is 0 Å². The second-order valence-corrected chi connectivity index (χ2v) is 5.01. The maximum absolute atomic E-state index is 12.2. The molecule has 0 aliphatic carbocycles. The van der Waals surface area contributed by atoms with Gasteiger partial charge in [0.1, 0.15) is 51.5 Å². The lowest BCUT2D eigenvalue weighted by atomic mass is 10.1. The standard InChI is InChI=1S/C20H26O8/c1-3-23-9-11-25-13-15-27-19(21)17-7-5-6-8-18(17)20(22)28-16-14-26-12-10-24-4-2/h5-12H,3-4,13-16H2,1-2H3. The average Bonchev–Trinajstić information content (AvgIpc) is 2.72. The maximum Gasteiger partial charge on any atom is 0.339 e. The monoisotopic (exact) mass is 394 g/mol. The Morgan fingerprint density at radius 3 is 1.46 bits per heavy atom. The van der Waals surface area contributed by atoms with Crippen LogP contribution in [0.2, 0.25) is 0 Å². The summed E-state index contributed by atoms with van der Waals surface area (Å²) in [6.07, 6.45) is 5.55. The predicted octanol–water partition coefficient (Wildman–Crippen LogP) is 3.05. The van der Waals surface area contributed by atoms with Crippen molar-refractivity contribution in [1.82, 2.24) is 0 Å². The second kappa shape index (κ2) is 15.0. The smallest absolute Gasteiger partial charge is 0.339 e. The minimum absolute atomic E-state index is 0.0265. The number of carbonyl (C=O) groups excluding carboxylic acids is 2. The van der Waals surface area contributed by atoms with Gasteiger partial charge in [0, 0.05) is 0 Å². The molecule has 0 saturated carbocycles. The van der Waals surface area contributed by atoms with E-state index in [-0.39, 0.29) is 37.6 Å². The van der Waals surface area contributed by atoms with Gasteiger partial charge in [0.15, 0.2) is 0 Å².